The predicted molar refractivity (Wildman–Crippen MR) is 71.3 cm³/mol. The van der Waals surface area contributed by atoms with E-state index in [9.17, 15) is 0 Å². The first kappa shape index (κ1) is 13.3. The molecule has 2 fully saturated rings. The number of hydrogen-bond donors (Lipinski definition) is 1. The average Bonchev–Trinajstić information content (AvgIpc) is 3.14. The topological polar surface area (TPSA) is 24.5 Å². The summed E-state index contributed by atoms with van der Waals surface area (Å²) in [6.07, 6.45) is 6.95. The molecule has 1 saturated heterocycles. The summed E-state index contributed by atoms with van der Waals surface area (Å²) < 4.78 is 5.25. The fourth-order valence-electron chi connectivity index (χ4n) is 2.91. The van der Waals surface area contributed by atoms with E-state index in [4.69, 9.17) is 4.74 Å². The number of hydrogen-bond acceptors (Lipinski definition) is 3. The van der Waals surface area contributed by atoms with E-state index in [1.54, 1.807) is 7.11 Å². The summed E-state index contributed by atoms with van der Waals surface area (Å²) in [5, 5.41) is 3.66. The van der Waals surface area contributed by atoms with Crippen molar-refractivity contribution >= 4 is 0 Å². The standard InChI is InChI=1S/C14H28N2O/c1-12(11-17-2)9-16(14-6-7-14)10-13-5-3-4-8-15-13/h12-15H,3-11H2,1-2H3. The van der Waals surface area contributed by atoms with E-state index in [1.807, 2.05) is 0 Å². The van der Waals surface area contributed by atoms with Crippen molar-refractivity contribution in [1.29, 1.82) is 0 Å². The zero-order chi connectivity index (χ0) is 12.1. The summed E-state index contributed by atoms with van der Waals surface area (Å²) in [7, 11) is 1.81. The van der Waals surface area contributed by atoms with Crippen molar-refractivity contribution in [3.63, 3.8) is 0 Å². The van der Waals surface area contributed by atoms with Crippen molar-refractivity contribution in [3.8, 4) is 0 Å². The van der Waals surface area contributed by atoms with Crippen LogP contribution in [-0.2, 0) is 4.74 Å². The van der Waals surface area contributed by atoms with Crippen LogP contribution < -0.4 is 5.32 Å². The Bertz CT molecular complexity index is 212. The molecule has 0 aromatic heterocycles. The van der Waals surface area contributed by atoms with Gasteiger partial charge in [0, 0.05) is 38.9 Å². The Morgan fingerprint density at radius 2 is 2.12 bits per heavy atom. The van der Waals surface area contributed by atoms with Crippen molar-refractivity contribution in [2.24, 2.45) is 5.92 Å². The second kappa shape index (κ2) is 6.72. The monoisotopic (exact) mass is 240 g/mol. The number of piperidine rings is 1. The van der Waals surface area contributed by atoms with E-state index in [0.29, 0.717) is 5.92 Å². The van der Waals surface area contributed by atoms with Gasteiger partial charge in [0.1, 0.15) is 0 Å². The molecule has 1 heterocycles. The van der Waals surface area contributed by atoms with Crippen molar-refractivity contribution in [2.75, 3.05) is 33.4 Å². The van der Waals surface area contributed by atoms with Crippen LogP contribution >= 0.6 is 0 Å². The van der Waals surface area contributed by atoms with E-state index in [1.165, 1.54) is 51.7 Å². The highest BCUT2D eigenvalue weighted by Gasteiger charge is 2.31. The highest BCUT2D eigenvalue weighted by Crippen LogP contribution is 2.28. The Balaban J connectivity index is 1.75. The van der Waals surface area contributed by atoms with Crippen LogP contribution in [0.3, 0.4) is 0 Å². The third-order valence-corrected chi connectivity index (χ3v) is 3.93. The number of ether oxygens (including phenoxy) is 1. The SMILES string of the molecule is COCC(C)CN(CC1CCCCN1)C1CC1. The van der Waals surface area contributed by atoms with Crippen molar-refractivity contribution in [3.05, 3.63) is 0 Å². The molecule has 100 valence electrons. The van der Waals surface area contributed by atoms with Gasteiger partial charge in [0.25, 0.3) is 0 Å². The van der Waals surface area contributed by atoms with Crippen LogP contribution in [0.2, 0.25) is 0 Å². The normalized spacial score (nSPS) is 27.4. The van der Waals surface area contributed by atoms with Gasteiger partial charge in [-0.3, -0.25) is 4.90 Å². The van der Waals surface area contributed by atoms with Gasteiger partial charge in [-0.25, -0.2) is 0 Å². The highest BCUT2D eigenvalue weighted by atomic mass is 16.5. The van der Waals surface area contributed by atoms with Gasteiger partial charge in [0.2, 0.25) is 0 Å². The summed E-state index contributed by atoms with van der Waals surface area (Å²) in [5.74, 6) is 0.657. The van der Waals surface area contributed by atoms with Gasteiger partial charge in [-0.15, -0.1) is 0 Å². The van der Waals surface area contributed by atoms with Gasteiger partial charge in [0.05, 0.1) is 0 Å². The van der Waals surface area contributed by atoms with E-state index in [-0.39, 0.29) is 0 Å². The lowest BCUT2D eigenvalue weighted by molar-refractivity contribution is 0.119. The Morgan fingerprint density at radius 3 is 2.71 bits per heavy atom. The minimum Gasteiger partial charge on any atom is -0.384 e. The Labute approximate surface area is 106 Å². The van der Waals surface area contributed by atoms with Crippen LogP contribution in [0.25, 0.3) is 0 Å². The summed E-state index contributed by atoms with van der Waals surface area (Å²) in [6.45, 7) is 6.86. The third-order valence-electron chi connectivity index (χ3n) is 3.93. The second-order valence-electron chi connectivity index (χ2n) is 5.89. The molecule has 0 amide bonds. The maximum Gasteiger partial charge on any atom is 0.0500 e. The summed E-state index contributed by atoms with van der Waals surface area (Å²) in [5.41, 5.74) is 0. The maximum atomic E-state index is 5.25. The summed E-state index contributed by atoms with van der Waals surface area (Å²) in [6, 6.07) is 1.61. The minimum atomic E-state index is 0.657. The number of methoxy groups -OCH3 is 1. The molecule has 1 aliphatic carbocycles. The number of nitrogens with one attached hydrogen (secondary N) is 1. The van der Waals surface area contributed by atoms with Crippen molar-refractivity contribution in [1.82, 2.24) is 10.2 Å². The van der Waals surface area contributed by atoms with Crippen LogP contribution in [0.4, 0.5) is 0 Å². The van der Waals surface area contributed by atoms with Gasteiger partial charge in [0.15, 0.2) is 0 Å². The fraction of sp³-hybridized carbons (Fsp3) is 1.00. The van der Waals surface area contributed by atoms with Crippen LogP contribution in [0.5, 0.6) is 0 Å². The van der Waals surface area contributed by atoms with Crippen LogP contribution in [-0.4, -0.2) is 50.3 Å². The first-order valence-corrected chi connectivity index (χ1v) is 7.26. The van der Waals surface area contributed by atoms with E-state index in [0.717, 1.165) is 18.7 Å². The summed E-state index contributed by atoms with van der Waals surface area (Å²) >= 11 is 0. The Morgan fingerprint density at radius 1 is 1.29 bits per heavy atom. The van der Waals surface area contributed by atoms with Gasteiger partial charge >= 0.3 is 0 Å². The molecule has 1 N–H and O–H groups in total. The Hall–Kier alpha value is -0.120. The molecule has 0 aromatic rings. The first-order valence-electron chi connectivity index (χ1n) is 7.26. The van der Waals surface area contributed by atoms with Crippen LogP contribution in [0.1, 0.15) is 39.0 Å². The zero-order valence-electron chi connectivity index (χ0n) is 11.5. The summed E-state index contributed by atoms with van der Waals surface area (Å²) in [4.78, 5) is 2.70. The average molecular weight is 240 g/mol. The lowest BCUT2D eigenvalue weighted by Crippen LogP contribution is -2.45. The molecule has 2 atom stereocenters. The van der Waals surface area contributed by atoms with Gasteiger partial charge in [-0.05, 0) is 38.1 Å². The second-order valence-corrected chi connectivity index (χ2v) is 5.89. The molecule has 1 saturated carbocycles. The van der Waals surface area contributed by atoms with E-state index < -0.39 is 0 Å². The van der Waals surface area contributed by atoms with Crippen molar-refractivity contribution in [2.45, 2.75) is 51.1 Å². The number of nitrogens with zero attached hydrogens (tertiary/aromatic N) is 1. The van der Waals surface area contributed by atoms with E-state index >= 15 is 0 Å². The molecular formula is C14H28N2O. The third kappa shape index (κ3) is 4.57. The lowest BCUT2D eigenvalue weighted by Gasteiger charge is -2.32. The molecular weight excluding hydrogens is 212 g/mol. The van der Waals surface area contributed by atoms with Gasteiger partial charge in [-0.2, -0.15) is 0 Å². The molecule has 0 bridgehead atoms. The largest absolute Gasteiger partial charge is 0.384 e. The molecule has 1 aliphatic heterocycles. The predicted octanol–water partition coefficient (Wildman–Crippen LogP) is 1.88. The molecule has 2 rings (SSSR count). The van der Waals surface area contributed by atoms with E-state index in [2.05, 4.69) is 17.1 Å². The molecule has 3 heteroatoms. The molecule has 0 spiro atoms. The van der Waals surface area contributed by atoms with Gasteiger partial charge in [-0.1, -0.05) is 13.3 Å². The lowest BCUT2D eigenvalue weighted by atomic mass is 10.0. The molecule has 0 aromatic carbocycles. The van der Waals surface area contributed by atoms with Crippen molar-refractivity contribution < 1.29 is 4.74 Å². The molecule has 3 nitrogen and oxygen atoms in total. The molecule has 0 radical (unpaired) electrons. The zero-order valence-corrected chi connectivity index (χ0v) is 11.5. The molecule has 2 aliphatic rings. The smallest absolute Gasteiger partial charge is 0.0500 e. The van der Waals surface area contributed by atoms with Crippen LogP contribution in [0.15, 0.2) is 0 Å². The highest BCUT2D eigenvalue weighted by molar-refractivity contribution is 4.88. The number of rotatable bonds is 7. The Kier molecular flexibility index (Phi) is 5.26. The molecule has 17 heavy (non-hydrogen) atoms. The van der Waals surface area contributed by atoms with Gasteiger partial charge < -0.3 is 10.1 Å². The van der Waals surface area contributed by atoms with Crippen LogP contribution in [0, 0.1) is 5.92 Å². The fourth-order valence-corrected chi connectivity index (χ4v) is 2.91. The maximum absolute atomic E-state index is 5.25. The first-order chi connectivity index (χ1) is 8.29. The quantitative estimate of drug-likeness (QED) is 0.735. The minimum absolute atomic E-state index is 0.657. The molecule has 2 unspecified atom stereocenters.